The van der Waals surface area contributed by atoms with E-state index in [0.29, 0.717) is 5.75 Å². The lowest BCUT2D eigenvalue weighted by atomic mass is 9.98. The first-order chi connectivity index (χ1) is 11.1. The van der Waals surface area contributed by atoms with Crippen molar-refractivity contribution in [2.24, 2.45) is 0 Å². The van der Waals surface area contributed by atoms with Crippen molar-refractivity contribution in [1.82, 2.24) is 10.2 Å². The Morgan fingerprint density at radius 1 is 1.17 bits per heavy atom. The Morgan fingerprint density at radius 3 is 2.48 bits per heavy atom. The fourth-order valence-electron chi connectivity index (χ4n) is 2.68. The van der Waals surface area contributed by atoms with Gasteiger partial charge in [0.05, 0.1) is 23.9 Å². The predicted octanol–water partition coefficient (Wildman–Crippen LogP) is 3.11. The van der Waals surface area contributed by atoms with Gasteiger partial charge in [-0.1, -0.05) is 19.3 Å². The summed E-state index contributed by atoms with van der Waals surface area (Å²) in [4.78, 5) is 11.1. The molecule has 0 bridgehead atoms. The molecule has 23 heavy (non-hydrogen) atoms. The summed E-state index contributed by atoms with van der Waals surface area (Å²) in [5.74, 6) is -0.550. The van der Waals surface area contributed by atoms with Crippen molar-refractivity contribution in [1.29, 1.82) is 0 Å². The number of aliphatic hydroxyl groups is 1. The second-order valence-electron chi connectivity index (χ2n) is 6.22. The number of ether oxygens (including phenoxy) is 1. The van der Waals surface area contributed by atoms with Gasteiger partial charge in [-0.2, -0.15) is 5.10 Å². The number of hydrogen-bond acceptors (Lipinski definition) is 4. The molecule has 0 amide bonds. The van der Waals surface area contributed by atoms with Gasteiger partial charge in [0, 0.05) is 11.5 Å². The van der Waals surface area contributed by atoms with Gasteiger partial charge >= 0.3 is 5.97 Å². The van der Waals surface area contributed by atoms with Crippen LogP contribution in [0.3, 0.4) is 0 Å². The molecular weight excluding hydrogens is 296 g/mol. The molecule has 6 nitrogen and oxygen atoms in total. The van der Waals surface area contributed by atoms with Crippen molar-refractivity contribution < 1.29 is 19.7 Å². The van der Waals surface area contributed by atoms with Gasteiger partial charge in [-0.3, -0.25) is 5.10 Å². The molecule has 0 aliphatic heterocycles. The molecule has 6 heteroatoms. The zero-order valence-electron chi connectivity index (χ0n) is 13.0. The number of nitrogens with zero attached hydrogens (tertiary/aromatic N) is 1. The van der Waals surface area contributed by atoms with Gasteiger partial charge in [-0.15, -0.1) is 0 Å². The van der Waals surface area contributed by atoms with Gasteiger partial charge in [0.2, 0.25) is 0 Å². The molecule has 2 saturated carbocycles. The topological polar surface area (TPSA) is 95.4 Å². The van der Waals surface area contributed by atoms with E-state index < -0.39 is 5.97 Å². The van der Waals surface area contributed by atoms with E-state index in [4.69, 9.17) is 14.9 Å². The Balaban J connectivity index is 0.000000188. The Hall–Kier alpha value is -2.08. The molecule has 4 rings (SSSR count). The van der Waals surface area contributed by atoms with Crippen LogP contribution in [-0.2, 0) is 0 Å². The van der Waals surface area contributed by atoms with Crippen molar-refractivity contribution in [2.45, 2.75) is 57.2 Å². The first-order valence-corrected chi connectivity index (χ1v) is 8.18. The molecule has 0 radical (unpaired) electrons. The Morgan fingerprint density at radius 2 is 1.91 bits per heavy atom. The van der Waals surface area contributed by atoms with Crippen LogP contribution in [0.15, 0.2) is 18.3 Å². The fourth-order valence-corrected chi connectivity index (χ4v) is 2.68. The van der Waals surface area contributed by atoms with E-state index in [9.17, 15) is 4.79 Å². The number of H-pyrrole nitrogens is 1. The quantitative estimate of drug-likeness (QED) is 0.808. The van der Waals surface area contributed by atoms with Crippen molar-refractivity contribution >= 4 is 16.9 Å². The third-order valence-corrected chi connectivity index (χ3v) is 4.16. The summed E-state index contributed by atoms with van der Waals surface area (Å²) in [6.07, 6.45) is 9.70. The zero-order chi connectivity index (χ0) is 16.2. The molecule has 2 fully saturated rings. The van der Waals surface area contributed by atoms with Gasteiger partial charge in [0.25, 0.3) is 0 Å². The number of nitrogens with one attached hydrogen (secondary N) is 1. The largest absolute Gasteiger partial charge is 0.489 e. The monoisotopic (exact) mass is 318 g/mol. The molecule has 1 aromatic carbocycles. The molecular formula is C17H22N2O4. The maximum atomic E-state index is 11.1. The highest BCUT2D eigenvalue weighted by atomic mass is 16.5. The van der Waals surface area contributed by atoms with Crippen LogP contribution in [0.5, 0.6) is 5.75 Å². The predicted molar refractivity (Wildman–Crippen MR) is 85.8 cm³/mol. The number of rotatable bonds is 3. The van der Waals surface area contributed by atoms with Crippen LogP contribution in [0, 0.1) is 0 Å². The molecule has 1 heterocycles. The van der Waals surface area contributed by atoms with Crippen LogP contribution in [0.1, 0.15) is 55.3 Å². The number of hydrogen-bond donors (Lipinski definition) is 3. The van der Waals surface area contributed by atoms with Gasteiger partial charge in [-0.25, -0.2) is 4.79 Å². The van der Waals surface area contributed by atoms with E-state index in [1.165, 1.54) is 19.3 Å². The third-order valence-electron chi connectivity index (χ3n) is 4.16. The average molecular weight is 318 g/mol. The first-order valence-electron chi connectivity index (χ1n) is 8.18. The fraction of sp³-hybridized carbons (Fsp3) is 0.529. The number of aromatic amines is 1. The number of carboxylic acid groups (broad SMARTS) is 1. The minimum Gasteiger partial charge on any atom is -0.489 e. The molecule has 3 N–H and O–H groups in total. The summed E-state index contributed by atoms with van der Waals surface area (Å²) in [5.41, 5.74) is 0.987. The standard InChI is InChI=1S/C11H10N2O3.C6H12O/c14-11(15)8-3-6-5-12-13-9(6)4-10(8)16-7-1-2-7;7-6-4-2-1-3-5-6/h3-5,7H,1-2H2,(H,12,13)(H,14,15);6-7H,1-5H2. The molecule has 2 aromatic rings. The van der Waals surface area contributed by atoms with Crippen LogP contribution < -0.4 is 4.74 Å². The highest BCUT2D eigenvalue weighted by molar-refractivity contribution is 5.96. The molecule has 1 aromatic heterocycles. The van der Waals surface area contributed by atoms with E-state index in [2.05, 4.69) is 10.2 Å². The number of fused-ring (bicyclic) bond motifs is 1. The Bertz CT molecular complexity index is 672. The van der Waals surface area contributed by atoms with E-state index in [-0.39, 0.29) is 17.8 Å². The molecule has 2 aliphatic carbocycles. The van der Waals surface area contributed by atoms with E-state index in [0.717, 1.165) is 36.6 Å². The maximum absolute atomic E-state index is 11.1. The zero-order valence-corrected chi connectivity index (χ0v) is 13.0. The summed E-state index contributed by atoms with van der Waals surface area (Å²) in [7, 11) is 0. The van der Waals surface area contributed by atoms with Gasteiger partial charge in [0.15, 0.2) is 0 Å². The highest BCUT2D eigenvalue weighted by Gasteiger charge is 2.26. The van der Waals surface area contributed by atoms with Crippen molar-refractivity contribution in [3.63, 3.8) is 0 Å². The minimum absolute atomic E-state index is 0.0359. The number of benzene rings is 1. The average Bonchev–Trinajstić information content (AvgIpc) is 3.23. The van der Waals surface area contributed by atoms with Crippen LogP contribution in [0.2, 0.25) is 0 Å². The summed E-state index contributed by atoms with van der Waals surface area (Å²) in [6, 6.07) is 3.28. The first kappa shape index (κ1) is 15.8. The summed E-state index contributed by atoms with van der Waals surface area (Å²) < 4.78 is 5.57. The minimum atomic E-state index is -0.973. The van der Waals surface area contributed by atoms with E-state index >= 15 is 0 Å². The van der Waals surface area contributed by atoms with Gasteiger partial charge in [0.1, 0.15) is 11.3 Å². The Labute approximate surface area is 134 Å². The van der Waals surface area contributed by atoms with Crippen LogP contribution in [0.25, 0.3) is 10.9 Å². The molecule has 124 valence electrons. The maximum Gasteiger partial charge on any atom is 0.339 e. The molecule has 0 unspecified atom stereocenters. The Kier molecular flexibility index (Phi) is 4.81. The normalized spacial score (nSPS) is 18.3. The number of aromatic carboxylic acids is 1. The van der Waals surface area contributed by atoms with Gasteiger partial charge in [-0.05, 0) is 31.7 Å². The van der Waals surface area contributed by atoms with E-state index in [1.807, 2.05) is 0 Å². The third kappa shape index (κ3) is 4.22. The number of carbonyl (C=O) groups is 1. The van der Waals surface area contributed by atoms with Crippen LogP contribution in [-0.4, -0.2) is 38.6 Å². The second kappa shape index (κ2) is 7.00. The lowest BCUT2D eigenvalue weighted by molar-refractivity contribution is 0.0692. The van der Waals surface area contributed by atoms with Crippen molar-refractivity contribution in [3.05, 3.63) is 23.9 Å². The van der Waals surface area contributed by atoms with Crippen LogP contribution >= 0.6 is 0 Å². The number of aliphatic hydroxyl groups excluding tert-OH is 1. The molecule has 0 atom stereocenters. The number of carboxylic acids is 1. The smallest absolute Gasteiger partial charge is 0.339 e. The second-order valence-corrected chi connectivity index (χ2v) is 6.22. The number of aromatic nitrogens is 2. The van der Waals surface area contributed by atoms with E-state index in [1.54, 1.807) is 18.3 Å². The molecule has 2 aliphatic rings. The lowest BCUT2D eigenvalue weighted by Crippen LogP contribution is -2.09. The molecule has 0 saturated heterocycles. The highest BCUT2D eigenvalue weighted by Crippen LogP contribution is 2.31. The SMILES string of the molecule is O=C(O)c1cc2cn[nH]c2cc1OC1CC1.OC1CCCCC1. The summed E-state index contributed by atoms with van der Waals surface area (Å²) >= 11 is 0. The summed E-state index contributed by atoms with van der Waals surface area (Å²) in [6.45, 7) is 0. The summed E-state index contributed by atoms with van der Waals surface area (Å²) in [5, 5.41) is 25.4. The molecule has 0 spiro atoms. The van der Waals surface area contributed by atoms with Crippen LogP contribution in [0.4, 0.5) is 0 Å². The van der Waals surface area contributed by atoms with Crippen molar-refractivity contribution in [2.75, 3.05) is 0 Å². The van der Waals surface area contributed by atoms with Gasteiger partial charge < -0.3 is 14.9 Å². The van der Waals surface area contributed by atoms with Crippen molar-refractivity contribution in [3.8, 4) is 5.75 Å². The lowest BCUT2D eigenvalue weighted by Gasteiger charge is -2.14.